The van der Waals surface area contributed by atoms with Gasteiger partial charge in [0.15, 0.2) is 6.61 Å². The van der Waals surface area contributed by atoms with Crippen LogP contribution in [0.25, 0.3) is 0 Å². The Morgan fingerprint density at radius 3 is 2.03 bits per heavy atom. The van der Waals surface area contributed by atoms with E-state index in [-0.39, 0.29) is 24.2 Å². The van der Waals surface area contributed by atoms with Crippen LogP contribution in [0, 0.1) is 17.0 Å². The lowest BCUT2D eigenvalue weighted by Gasteiger charge is -2.29. The standard InChI is InChI=1S/C23H22N2O4/c1-17-20(25(27)28)14-9-15-21(17)29-16-22(26)24(2)23(18-10-5-3-6-11-18)19-12-7-4-8-13-19/h3-15,23H,16H2,1-2H3. The Morgan fingerprint density at radius 2 is 1.52 bits per heavy atom. The van der Waals surface area contributed by atoms with Crippen LogP contribution in [0.2, 0.25) is 0 Å². The number of nitro groups is 1. The molecular weight excluding hydrogens is 368 g/mol. The molecule has 0 radical (unpaired) electrons. The van der Waals surface area contributed by atoms with Gasteiger partial charge in [-0.1, -0.05) is 66.7 Å². The van der Waals surface area contributed by atoms with Gasteiger partial charge in [-0.2, -0.15) is 0 Å². The van der Waals surface area contributed by atoms with Crippen molar-refractivity contribution in [2.24, 2.45) is 0 Å². The van der Waals surface area contributed by atoms with Gasteiger partial charge >= 0.3 is 0 Å². The summed E-state index contributed by atoms with van der Waals surface area (Å²) >= 11 is 0. The van der Waals surface area contributed by atoms with E-state index in [0.717, 1.165) is 11.1 Å². The SMILES string of the molecule is Cc1c(OCC(=O)N(C)C(c2ccccc2)c2ccccc2)cccc1[N+](=O)[O-]. The smallest absolute Gasteiger partial charge is 0.276 e. The predicted molar refractivity (Wildman–Crippen MR) is 111 cm³/mol. The highest BCUT2D eigenvalue weighted by Gasteiger charge is 2.24. The van der Waals surface area contributed by atoms with Gasteiger partial charge in [-0.05, 0) is 24.1 Å². The molecule has 1 amide bonds. The molecule has 0 spiro atoms. The van der Waals surface area contributed by atoms with Gasteiger partial charge in [0.25, 0.3) is 11.6 Å². The first-order valence-electron chi connectivity index (χ1n) is 9.21. The Hall–Kier alpha value is -3.67. The van der Waals surface area contributed by atoms with Crippen molar-refractivity contribution in [3.8, 4) is 5.75 Å². The van der Waals surface area contributed by atoms with E-state index < -0.39 is 4.92 Å². The summed E-state index contributed by atoms with van der Waals surface area (Å²) < 4.78 is 5.64. The van der Waals surface area contributed by atoms with Gasteiger partial charge in [0.05, 0.1) is 16.5 Å². The van der Waals surface area contributed by atoms with Crippen LogP contribution in [0.3, 0.4) is 0 Å². The molecule has 0 N–H and O–H groups in total. The van der Waals surface area contributed by atoms with Gasteiger partial charge < -0.3 is 9.64 Å². The Kier molecular flexibility index (Phi) is 6.24. The molecule has 3 aromatic carbocycles. The second-order valence-corrected chi connectivity index (χ2v) is 6.67. The van der Waals surface area contributed by atoms with Gasteiger partial charge in [0.1, 0.15) is 5.75 Å². The molecule has 6 heteroatoms. The van der Waals surface area contributed by atoms with Gasteiger partial charge in [-0.15, -0.1) is 0 Å². The van der Waals surface area contributed by atoms with E-state index >= 15 is 0 Å². The summed E-state index contributed by atoms with van der Waals surface area (Å²) in [6.07, 6.45) is 0. The summed E-state index contributed by atoms with van der Waals surface area (Å²) in [7, 11) is 1.73. The van der Waals surface area contributed by atoms with Crippen molar-refractivity contribution in [1.29, 1.82) is 0 Å². The minimum absolute atomic E-state index is 0.0326. The summed E-state index contributed by atoms with van der Waals surface area (Å²) in [5.41, 5.74) is 2.34. The van der Waals surface area contributed by atoms with Crippen molar-refractivity contribution >= 4 is 11.6 Å². The normalized spacial score (nSPS) is 10.6. The van der Waals surface area contributed by atoms with Crippen LogP contribution < -0.4 is 4.74 Å². The Morgan fingerprint density at radius 1 is 0.966 bits per heavy atom. The maximum atomic E-state index is 12.9. The quantitative estimate of drug-likeness (QED) is 0.439. The molecule has 0 aliphatic carbocycles. The molecule has 29 heavy (non-hydrogen) atoms. The Labute approximate surface area is 169 Å². The minimum Gasteiger partial charge on any atom is -0.483 e. The fourth-order valence-electron chi connectivity index (χ4n) is 3.25. The highest BCUT2D eigenvalue weighted by Crippen LogP contribution is 2.29. The topological polar surface area (TPSA) is 72.7 Å². The third-order valence-electron chi connectivity index (χ3n) is 4.81. The van der Waals surface area contributed by atoms with Crippen LogP contribution in [-0.2, 0) is 4.79 Å². The molecule has 0 aliphatic heterocycles. The van der Waals surface area contributed by atoms with Gasteiger partial charge in [0.2, 0.25) is 0 Å². The number of nitrogens with zero attached hydrogens (tertiary/aromatic N) is 2. The third kappa shape index (κ3) is 4.60. The van der Waals surface area contributed by atoms with Crippen LogP contribution in [0.4, 0.5) is 5.69 Å². The molecule has 0 aromatic heterocycles. The molecular formula is C23H22N2O4. The monoisotopic (exact) mass is 390 g/mol. The molecule has 148 valence electrons. The number of amides is 1. The first-order valence-corrected chi connectivity index (χ1v) is 9.21. The predicted octanol–water partition coefficient (Wildman–Crippen LogP) is 4.53. The van der Waals surface area contributed by atoms with Gasteiger partial charge in [0, 0.05) is 13.1 Å². The molecule has 0 saturated carbocycles. The second kappa shape index (κ2) is 9.01. The molecule has 0 atom stereocenters. The summed E-state index contributed by atoms with van der Waals surface area (Å²) in [6, 6.07) is 23.9. The Balaban J connectivity index is 1.80. The van der Waals surface area contributed by atoms with Crippen molar-refractivity contribution in [2.45, 2.75) is 13.0 Å². The summed E-state index contributed by atoms with van der Waals surface area (Å²) in [5, 5.41) is 11.1. The molecule has 0 aliphatic rings. The van der Waals surface area contributed by atoms with Gasteiger partial charge in [-0.3, -0.25) is 14.9 Å². The highest BCUT2D eigenvalue weighted by molar-refractivity contribution is 5.78. The summed E-state index contributed by atoms with van der Waals surface area (Å²) in [5.74, 6) is 0.102. The Bertz CT molecular complexity index is 951. The zero-order chi connectivity index (χ0) is 20.8. The zero-order valence-electron chi connectivity index (χ0n) is 16.3. The van der Waals surface area contributed by atoms with E-state index in [4.69, 9.17) is 4.74 Å². The van der Waals surface area contributed by atoms with E-state index in [1.807, 2.05) is 60.7 Å². The minimum atomic E-state index is -0.461. The molecule has 6 nitrogen and oxygen atoms in total. The van der Waals surface area contributed by atoms with Crippen molar-refractivity contribution in [2.75, 3.05) is 13.7 Å². The van der Waals surface area contributed by atoms with E-state index in [1.165, 1.54) is 6.07 Å². The molecule has 3 rings (SSSR count). The number of hydrogen-bond donors (Lipinski definition) is 0. The lowest BCUT2D eigenvalue weighted by atomic mass is 9.97. The van der Waals surface area contributed by atoms with Crippen LogP contribution in [0.1, 0.15) is 22.7 Å². The molecule has 0 fully saturated rings. The second-order valence-electron chi connectivity index (χ2n) is 6.67. The van der Waals surface area contributed by atoms with E-state index in [2.05, 4.69) is 0 Å². The highest BCUT2D eigenvalue weighted by atomic mass is 16.6. The number of likely N-dealkylation sites (N-methyl/N-ethyl adjacent to an activating group) is 1. The van der Waals surface area contributed by atoms with Gasteiger partial charge in [-0.25, -0.2) is 0 Å². The van der Waals surface area contributed by atoms with Crippen molar-refractivity contribution in [3.05, 3.63) is 106 Å². The number of ether oxygens (including phenoxy) is 1. The fourth-order valence-corrected chi connectivity index (χ4v) is 3.25. The van der Waals surface area contributed by atoms with E-state index in [0.29, 0.717) is 11.3 Å². The number of nitro benzene ring substituents is 1. The van der Waals surface area contributed by atoms with Crippen molar-refractivity contribution in [1.82, 2.24) is 4.90 Å². The van der Waals surface area contributed by atoms with E-state index in [1.54, 1.807) is 31.0 Å². The lowest BCUT2D eigenvalue weighted by Crippen LogP contribution is -2.35. The van der Waals surface area contributed by atoms with Crippen LogP contribution in [0.5, 0.6) is 5.75 Å². The average Bonchev–Trinajstić information content (AvgIpc) is 2.74. The van der Waals surface area contributed by atoms with Crippen LogP contribution in [0.15, 0.2) is 78.9 Å². The molecule has 3 aromatic rings. The van der Waals surface area contributed by atoms with Crippen molar-refractivity contribution < 1.29 is 14.5 Å². The third-order valence-corrected chi connectivity index (χ3v) is 4.81. The maximum absolute atomic E-state index is 12.9. The van der Waals surface area contributed by atoms with Crippen LogP contribution >= 0.6 is 0 Å². The summed E-state index contributed by atoms with van der Waals surface area (Å²) in [4.78, 5) is 25.2. The largest absolute Gasteiger partial charge is 0.483 e. The average molecular weight is 390 g/mol. The molecule has 0 unspecified atom stereocenters. The molecule has 0 saturated heterocycles. The molecule has 0 heterocycles. The number of rotatable bonds is 7. The number of benzene rings is 3. The number of hydrogen-bond acceptors (Lipinski definition) is 4. The summed E-state index contributed by atoms with van der Waals surface area (Å²) in [6.45, 7) is 1.40. The first-order chi connectivity index (χ1) is 14.0. The molecule has 0 bridgehead atoms. The van der Waals surface area contributed by atoms with E-state index in [9.17, 15) is 14.9 Å². The number of carbonyl (C=O) groups excluding carboxylic acids is 1. The zero-order valence-corrected chi connectivity index (χ0v) is 16.3. The van der Waals surface area contributed by atoms with Crippen LogP contribution in [-0.4, -0.2) is 29.4 Å². The number of carbonyl (C=O) groups is 1. The van der Waals surface area contributed by atoms with Crippen molar-refractivity contribution in [3.63, 3.8) is 0 Å². The maximum Gasteiger partial charge on any atom is 0.276 e. The fraction of sp³-hybridized carbons (Fsp3) is 0.174. The lowest BCUT2D eigenvalue weighted by molar-refractivity contribution is -0.385. The first kappa shape index (κ1) is 20.1.